The van der Waals surface area contributed by atoms with Gasteiger partial charge in [-0.2, -0.15) is 0 Å². The Hall–Kier alpha value is -2.30. The van der Waals surface area contributed by atoms with E-state index in [1.165, 1.54) is 0 Å². The highest BCUT2D eigenvalue weighted by Crippen LogP contribution is 2.31. The van der Waals surface area contributed by atoms with Gasteiger partial charge in [-0.05, 0) is 25.0 Å². The summed E-state index contributed by atoms with van der Waals surface area (Å²) >= 11 is 0. The molecule has 1 aliphatic heterocycles. The predicted molar refractivity (Wildman–Crippen MR) is 80.3 cm³/mol. The molecule has 3 rings (SSSR count). The number of pyridine rings is 1. The Morgan fingerprint density at radius 2 is 2.00 bits per heavy atom. The standard InChI is InChI=1S/C15H18N4O/c16-12-3-1-2-11-13(4-7-18-14(11)12)19-8-5-10(6-9-19)15(17)20/h1-4,7,10H,5-6,8-9,16H2,(H2,17,20). The van der Waals surface area contributed by atoms with Crippen LogP contribution < -0.4 is 16.4 Å². The summed E-state index contributed by atoms with van der Waals surface area (Å²) in [6, 6.07) is 7.85. The fourth-order valence-electron chi connectivity index (χ4n) is 2.86. The van der Waals surface area contributed by atoms with Crippen LogP contribution in [-0.4, -0.2) is 24.0 Å². The average molecular weight is 270 g/mol. The lowest BCUT2D eigenvalue weighted by Gasteiger charge is -2.33. The Bertz CT molecular complexity index is 647. The van der Waals surface area contributed by atoms with Crippen LogP contribution in [0.2, 0.25) is 0 Å². The molecule has 2 heterocycles. The molecule has 2 aromatic rings. The molecule has 0 aliphatic carbocycles. The molecule has 5 nitrogen and oxygen atoms in total. The minimum Gasteiger partial charge on any atom is -0.397 e. The van der Waals surface area contributed by atoms with Gasteiger partial charge in [-0.3, -0.25) is 9.78 Å². The van der Waals surface area contributed by atoms with Crippen molar-refractivity contribution in [3.63, 3.8) is 0 Å². The van der Waals surface area contributed by atoms with E-state index in [0.29, 0.717) is 5.69 Å². The molecule has 1 aromatic carbocycles. The number of anilines is 2. The van der Waals surface area contributed by atoms with Crippen molar-refractivity contribution in [2.75, 3.05) is 23.7 Å². The Morgan fingerprint density at radius 1 is 1.25 bits per heavy atom. The van der Waals surface area contributed by atoms with Crippen molar-refractivity contribution in [1.82, 2.24) is 4.98 Å². The maximum absolute atomic E-state index is 11.2. The molecule has 5 heteroatoms. The third-order valence-electron chi connectivity index (χ3n) is 4.02. The number of carbonyl (C=O) groups excluding carboxylic acids is 1. The Labute approximate surface area is 117 Å². The van der Waals surface area contributed by atoms with E-state index >= 15 is 0 Å². The predicted octanol–water partition coefficient (Wildman–Crippen LogP) is 1.52. The Kier molecular flexibility index (Phi) is 3.18. The van der Waals surface area contributed by atoms with Gasteiger partial charge < -0.3 is 16.4 Å². The fraction of sp³-hybridized carbons (Fsp3) is 0.333. The number of hydrogen-bond donors (Lipinski definition) is 2. The van der Waals surface area contributed by atoms with Crippen LogP contribution in [0.4, 0.5) is 11.4 Å². The van der Waals surface area contributed by atoms with E-state index in [1.54, 1.807) is 6.20 Å². The summed E-state index contributed by atoms with van der Waals surface area (Å²) in [7, 11) is 0. The molecule has 0 atom stereocenters. The van der Waals surface area contributed by atoms with Gasteiger partial charge in [0.25, 0.3) is 0 Å². The first-order valence-corrected chi connectivity index (χ1v) is 6.84. The molecule has 4 N–H and O–H groups in total. The van der Waals surface area contributed by atoms with E-state index in [1.807, 2.05) is 24.3 Å². The van der Waals surface area contributed by atoms with Gasteiger partial charge in [-0.1, -0.05) is 12.1 Å². The molecule has 20 heavy (non-hydrogen) atoms. The fourth-order valence-corrected chi connectivity index (χ4v) is 2.86. The summed E-state index contributed by atoms with van der Waals surface area (Å²) in [5, 5.41) is 1.06. The lowest BCUT2D eigenvalue weighted by atomic mass is 9.95. The lowest BCUT2D eigenvalue weighted by molar-refractivity contribution is -0.122. The number of para-hydroxylation sites is 1. The number of piperidine rings is 1. The van der Waals surface area contributed by atoms with Crippen LogP contribution in [0.1, 0.15) is 12.8 Å². The molecule has 0 saturated carbocycles. The molecule has 0 spiro atoms. The number of aromatic nitrogens is 1. The first-order valence-electron chi connectivity index (χ1n) is 6.84. The van der Waals surface area contributed by atoms with E-state index in [0.717, 1.165) is 42.5 Å². The highest BCUT2D eigenvalue weighted by atomic mass is 16.1. The van der Waals surface area contributed by atoms with Crippen LogP contribution >= 0.6 is 0 Å². The maximum Gasteiger partial charge on any atom is 0.220 e. The van der Waals surface area contributed by atoms with Gasteiger partial charge in [-0.25, -0.2) is 0 Å². The zero-order valence-corrected chi connectivity index (χ0v) is 11.2. The van der Waals surface area contributed by atoms with E-state index in [2.05, 4.69) is 9.88 Å². The number of amides is 1. The molecule has 1 fully saturated rings. The van der Waals surface area contributed by atoms with Gasteiger partial charge in [0.05, 0.1) is 11.2 Å². The number of rotatable bonds is 2. The minimum atomic E-state index is -0.187. The lowest BCUT2D eigenvalue weighted by Crippen LogP contribution is -2.38. The van der Waals surface area contributed by atoms with Crippen LogP contribution in [0.25, 0.3) is 10.9 Å². The normalized spacial score (nSPS) is 16.5. The molecule has 0 bridgehead atoms. The topological polar surface area (TPSA) is 85.2 Å². The molecule has 1 aromatic heterocycles. The van der Waals surface area contributed by atoms with Crippen LogP contribution in [0.5, 0.6) is 0 Å². The number of nitrogens with two attached hydrogens (primary N) is 2. The quantitative estimate of drug-likeness (QED) is 0.810. The van der Waals surface area contributed by atoms with E-state index in [9.17, 15) is 4.79 Å². The summed E-state index contributed by atoms with van der Waals surface area (Å²) < 4.78 is 0. The highest BCUT2D eigenvalue weighted by molar-refractivity contribution is 5.98. The molecule has 1 saturated heterocycles. The molecular weight excluding hydrogens is 252 g/mol. The van der Waals surface area contributed by atoms with E-state index in [-0.39, 0.29) is 11.8 Å². The van der Waals surface area contributed by atoms with Crippen LogP contribution in [0.15, 0.2) is 30.5 Å². The summed E-state index contributed by atoms with van der Waals surface area (Å²) in [5.41, 5.74) is 14.0. The van der Waals surface area contributed by atoms with Crippen molar-refractivity contribution in [1.29, 1.82) is 0 Å². The maximum atomic E-state index is 11.2. The first kappa shape index (κ1) is 12.7. The van der Waals surface area contributed by atoms with Crippen molar-refractivity contribution in [2.24, 2.45) is 11.7 Å². The largest absolute Gasteiger partial charge is 0.397 e. The monoisotopic (exact) mass is 270 g/mol. The van der Waals surface area contributed by atoms with Gasteiger partial charge in [0.1, 0.15) is 0 Å². The molecular formula is C15H18N4O. The van der Waals surface area contributed by atoms with Crippen molar-refractivity contribution >= 4 is 28.2 Å². The number of hydrogen-bond acceptors (Lipinski definition) is 4. The van der Waals surface area contributed by atoms with Crippen LogP contribution in [-0.2, 0) is 4.79 Å². The van der Waals surface area contributed by atoms with Crippen molar-refractivity contribution in [3.05, 3.63) is 30.5 Å². The SMILES string of the molecule is NC(=O)C1CCN(c2ccnc3c(N)cccc23)CC1. The van der Waals surface area contributed by atoms with Crippen molar-refractivity contribution < 1.29 is 4.79 Å². The third kappa shape index (κ3) is 2.15. The zero-order chi connectivity index (χ0) is 14.1. The summed E-state index contributed by atoms with van der Waals surface area (Å²) in [4.78, 5) is 17.9. The molecule has 0 unspecified atom stereocenters. The molecule has 1 amide bonds. The smallest absolute Gasteiger partial charge is 0.220 e. The number of nitrogens with zero attached hydrogens (tertiary/aromatic N) is 2. The molecule has 0 radical (unpaired) electrons. The van der Waals surface area contributed by atoms with Crippen molar-refractivity contribution in [3.8, 4) is 0 Å². The zero-order valence-electron chi connectivity index (χ0n) is 11.2. The minimum absolute atomic E-state index is 0.00409. The Morgan fingerprint density at radius 3 is 2.70 bits per heavy atom. The number of fused-ring (bicyclic) bond motifs is 1. The first-order chi connectivity index (χ1) is 9.66. The van der Waals surface area contributed by atoms with Gasteiger partial charge in [0.2, 0.25) is 5.91 Å². The third-order valence-corrected chi connectivity index (χ3v) is 4.02. The van der Waals surface area contributed by atoms with Crippen LogP contribution in [0.3, 0.4) is 0 Å². The second-order valence-electron chi connectivity index (χ2n) is 5.24. The number of primary amides is 1. The van der Waals surface area contributed by atoms with Crippen LogP contribution in [0, 0.1) is 5.92 Å². The van der Waals surface area contributed by atoms with E-state index < -0.39 is 0 Å². The van der Waals surface area contributed by atoms with Gasteiger partial charge >= 0.3 is 0 Å². The van der Waals surface area contributed by atoms with Gasteiger partial charge in [-0.15, -0.1) is 0 Å². The average Bonchev–Trinajstić information content (AvgIpc) is 2.47. The number of nitrogen functional groups attached to an aromatic ring is 1. The molecule has 1 aliphatic rings. The molecule has 104 valence electrons. The second-order valence-corrected chi connectivity index (χ2v) is 5.24. The Balaban J connectivity index is 1.92. The van der Waals surface area contributed by atoms with Gasteiger partial charge in [0.15, 0.2) is 0 Å². The van der Waals surface area contributed by atoms with Crippen molar-refractivity contribution in [2.45, 2.75) is 12.8 Å². The summed E-state index contributed by atoms with van der Waals surface area (Å²) in [6.45, 7) is 1.67. The number of carbonyl (C=O) groups is 1. The highest BCUT2D eigenvalue weighted by Gasteiger charge is 2.24. The van der Waals surface area contributed by atoms with Gasteiger partial charge in [0, 0.05) is 36.3 Å². The summed E-state index contributed by atoms with van der Waals surface area (Å²) in [6.07, 6.45) is 3.40. The van der Waals surface area contributed by atoms with E-state index in [4.69, 9.17) is 11.5 Å². The second kappa shape index (κ2) is 5.00. The number of benzene rings is 1. The summed E-state index contributed by atoms with van der Waals surface area (Å²) in [5.74, 6) is -0.182.